The van der Waals surface area contributed by atoms with E-state index in [-0.39, 0.29) is 0 Å². The molecule has 0 saturated carbocycles. The predicted molar refractivity (Wildman–Crippen MR) is 74.8 cm³/mol. The van der Waals surface area contributed by atoms with E-state index in [9.17, 15) is 0 Å². The molecule has 1 atom stereocenters. The van der Waals surface area contributed by atoms with Crippen molar-refractivity contribution < 1.29 is 4.74 Å². The normalized spacial score (nSPS) is 20.7. The summed E-state index contributed by atoms with van der Waals surface area (Å²) in [7, 11) is 1.73. The molecule has 1 heterocycles. The van der Waals surface area contributed by atoms with E-state index in [0.717, 1.165) is 18.2 Å². The fourth-order valence-electron chi connectivity index (χ4n) is 2.46. The average Bonchev–Trinajstić information content (AvgIpc) is 2.77. The second-order valence-electron chi connectivity index (χ2n) is 4.70. The van der Waals surface area contributed by atoms with Crippen LogP contribution in [0.4, 0.5) is 0 Å². The van der Waals surface area contributed by atoms with Crippen molar-refractivity contribution in [3.8, 4) is 5.75 Å². The van der Waals surface area contributed by atoms with E-state index in [1.54, 1.807) is 7.11 Å². The van der Waals surface area contributed by atoms with Crippen molar-refractivity contribution in [1.82, 2.24) is 4.90 Å². The lowest BCUT2D eigenvalue weighted by Crippen LogP contribution is -2.20. The van der Waals surface area contributed by atoms with Crippen molar-refractivity contribution >= 4 is 11.8 Å². The highest BCUT2D eigenvalue weighted by Gasteiger charge is 2.21. The molecule has 1 saturated heterocycles. The van der Waals surface area contributed by atoms with E-state index in [4.69, 9.17) is 4.74 Å². The molecule has 94 valence electrons. The molecule has 0 aromatic heterocycles. The molecule has 0 bridgehead atoms. The zero-order valence-electron chi connectivity index (χ0n) is 10.7. The summed E-state index contributed by atoms with van der Waals surface area (Å²) in [5.74, 6) is 3.15. The van der Waals surface area contributed by atoms with Gasteiger partial charge in [-0.2, -0.15) is 11.8 Å². The second-order valence-corrected chi connectivity index (χ2v) is 5.61. The molecule has 2 nitrogen and oxygen atoms in total. The molecule has 0 aliphatic carbocycles. The minimum atomic E-state index is 0.885. The number of rotatable bonds is 5. The summed E-state index contributed by atoms with van der Waals surface area (Å²) in [6.45, 7) is 3.54. The van der Waals surface area contributed by atoms with Crippen molar-refractivity contribution in [3.05, 3.63) is 29.8 Å². The van der Waals surface area contributed by atoms with Gasteiger partial charge in [0.1, 0.15) is 5.75 Å². The lowest BCUT2D eigenvalue weighted by atomic mass is 10.1. The summed E-state index contributed by atoms with van der Waals surface area (Å²) in [5.41, 5.74) is 1.36. The zero-order valence-corrected chi connectivity index (χ0v) is 11.5. The van der Waals surface area contributed by atoms with Gasteiger partial charge in [-0.25, -0.2) is 0 Å². The van der Waals surface area contributed by atoms with E-state index in [1.165, 1.54) is 30.8 Å². The Balaban J connectivity index is 1.88. The van der Waals surface area contributed by atoms with Crippen molar-refractivity contribution in [3.63, 3.8) is 0 Å². The molecular weight excluding hydrogens is 230 g/mol. The van der Waals surface area contributed by atoms with Crippen LogP contribution in [0.3, 0.4) is 0 Å². The summed E-state index contributed by atoms with van der Waals surface area (Å²) in [5, 5.41) is 0. The lowest BCUT2D eigenvalue weighted by molar-refractivity contribution is 0.320. The Kier molecular flexibility index (Phi) is 4.75. The fourth-order valence-corrected chi connectivity index (χ4v) is 3.20. The van der Waals surface area contributed by atoms with Crippen LogP contribution < -0.4 is 4.74 Å². The first-order chi connectivity index (χ1) is 8.31. The molecule has 1 unspecified atom stereocenters. The monoisotopic (exact) mass is 251 g/mol. The molecule has 1 aliphatic rings. The van der Waals surface area contributed by atoms with E-state index in [0.29, 0.717) is 0 Å². The Hall–Kier alpha value is -0.670. The molecule has 0 N–H and O–H groups in total. The molecule has 3 heteroatoms. The standard InChI is InChI=1S/C14H21NOS/c1-16-14-5-3-4-12(8-14)9-15-7-6-13(10-15)11-17-2/h3-5,8,13H,6-7,9-11H2,1-2H3. The van der Waals surface area contributed by atoms with Crippen LogP contribution in [0.5, 0.6) is 5.75 Å². The van der Waals surface area contributed by atoms with Gasteiger partial charge < -0.3 is 4.74 Å². The Morgan fingerprint density at radius 1 is 1.47 bits per heavy atom. The number of ether oxygens (including phenoxy) is 1. The van der Waals surface area contributed by atoms with Crippen molar-refractivity contribution in [2.75, 3.05) is 32.2 Å². The Labute approximate surface area is 108 Å². The molecule has 1 aromatic rings. The topological polar surface area (TPSA) is 12.5 Å². The van der Waals surface area contributed by atoms with Gasteiger partial charge in [0, 0.05) is 13.1 Å². The van der Waals surface area contributed by atoms with Crippen LogP contribution >= 0.6 is 11.8 Å². The number of methoxy groups -OCH3 is 1. The highest BCUT2D eigenvalue weighted by atomic mass is 32.2. The van der Waals surface area contributed by atoms with Gasteiger partial charge >= 0.3 is 0 Å². The molecule has 2 rings (SSSR count). The number of nitrogens with zero attached hydrogens (tertiary/aromatic N) is 1. The third-order valence-electron chi connectivity index (χ3n) is 3.31. The predicted octanol–water partition coefficient (Wildman–Crippen LogP) is 2.88. The SMILES string of the molecule is COc1cccc(CN2CCC(CSC)C2)c1. The smallest absolute Gasteiger partial charge is 0.119 e. The van der Waals surface area contributed by atoms with Gasteiger partial charge in [0.15, 0.2) is 0 Å². The average molecular weight is 251 g/mol. The van der Waals surface area contributed by atoms with Crippen LogP contribution in [0.2, 0.25) is 0 Å². The van der Waals surface area contributed by atoms with Gasteiger partial charge in [-0.05, 0) is 48.6 Å². The third kappa shape index (κ3) is 3.65. The van der Waals surface area contributed by atoms with Crippen molar-refractivity contribution in [1.29, 1.82) is 0 Å². The van der Waals surface area contributed by atoms with Gasteiger partial charge in [-0.1, -0.05) is 12.1 Å². The summed E-state index contributed by atoms with van der Waals surface area (Å²) in [4.78, 5) is 2.55. The summed E-state index contributed by atoms with van der Waals surface area (Å²) < 4.78 is 5.26. The quantitative estimate of drug-likeness (QED) is 0.798. The summed E-state index contributed by atoms with van der Waals surface area (Å²) >= 11 is 1.97. The number of hydrogen-bond acceptors (Lipinski definition) is 3. The Bertz CT molecular complexity index is 356. The summed E-state index contributed by atoms with van der Waals surface area (Å²) in [6.07, 6.45) is 3.55. The van der Waals surface area contributed by atoms with Gasteiger partial charge in [0.05, 0.1) is 7.11 Å². The molecule has 1 aliphatic heterocycles. The van der Waals surface area contributed by atoms with Gasteiger partial charge in [0.2, 0.25) is 0 Å². The molecule has 1 aromatic carbocycles. The maximum absolute atomic E-state index is 5.26. The van der Waals surface area contributed by atoms with Crippen molar-refractivity contribution in [2.45, 2.75) is 13.0 Å². The first-order valence-electron chi connectivity index (χ1n) is 6.16. The van der Waals surface area contributed by atoms with Crippen LogP contribution in [0, 0.1) is 5.92 Å². The van der Waals surface area contributed by atoms with E-state index >= 15 is 0 Å². The minimum absolute atomic E-state index is 0.885. The van der Waals surface area contributed by atoms with Crippen molar-refractivity contribution in [2.24, 2.45) is 5.92 Å². The number of thioether (sulfide) groups is 1. The number of benzene rings is 1. The van der Waals surface area contributed by atoms with E-state index < -0.39 is 0 Å². The van der Waals surface area contributed by atoms with Crippen LogP contribution in [0.1, 0.15) is 12.0 Å². The second kappa shape index (κ2) is 6.31. The fraction of sp³-hybridized carbons (Fsp3) is 0.571. The highest BCUT2D eigenvalue weighted by molar-refractivity contribution is 7.98. The highest BCUT2D eigenvalue weighted by Crippen LogP contribution is 2.22. The molecule has 1 fully saturated rings. The first-order valence-corrected chi connectivity index (χ1v) is 7.55. The third-order valence-corrected chi connectivity index (χ3v) is 4.12. The largest absolute Gasteiger partial charge is 0.497 e. The number of likely N-dealkylation sites (tertiary alicyclic amines) is 1. The van der Waals surface area contributed by atoms with Crippen LogP contribution in [0.25, 0.3) is 0 Å². The Morgan fingerprint density at radius 3 is 3.12 bits per heavy atom. The van der Waals surface area contributed by atoms with Gasteiger partial charge in [-0.15, -0.1) is 0 Å². The molecule has 0 radical (unpaired) electrons. The molecule has 0 spiro atoms. The van der Waals surface area contributed by atoms with Crippen LogP contribution in [-0.2, 0) is 6.54 Å². The maximum atomic E-state index is 5.26. The summed E-state index contributed by atoms with van der Waals surface area (Å²) in [6, 6.07) is 8.40. The molecule has 0 amide bonds. The number of hydrogen-bond donors (Lipinski definition) is 0. The first kappa shape index (κ1) is 12.8. The lowest BCUT2D eigenvalue weighted by Gasteiger charge is -2.16. The Morgan fingerprint density at radius 2 is 2.35 bits per heavy atom. The van der Waals surface area contributed by atoms with E-state index in [1.807, 2.05) is 17.8 Å². The van der Waals surface area contributed by atoms with Crippen LogP contribution in [0.15, 0.2) is 24.3 Å². The van der Waals surface area contributed by atoms with Gasteiger partial charge in [-0.3, -0.25) is 4.90 Å². The zero-order chi connectivity index (χ0) is 12.1. The maximum Gasteiger partial charge on any atom is 0.119 e. The van der Waals surface area contributed by atoms with Gasteiger partial charge in [0.25, 0.3) is 0 Å². The molecular formula is C14H21NOS. The molecule has 17 heavy (non-hydrogen) atoms. The minimum Gasteiger partial charge on any atom is -0.497 e. The van der Waals surface area contributed by atoms with Crippen LogP contribution in [-0.4, -0.2) is 37.1 Å². The van der Waals surface area contributed by atoms with E-state index in [2.05, 4.69) is 29.4 Å².